The minimum Gasteiger partial charge on any atom is -0.326 e. The largest absolute Gasteiger partial charge is 0.326 e. The Bertz CT molecular complexity index is 804. The summed E-state index contributed by atoms with van der Waals surface area (Å²) in [6.45, 7) is 0.577. The molecule has 0 saturated carbocycles. The fourth-order valence-corrected chi connectivity index (χ4v) is 5.36. The van der Waals surface area contributed by atoms with Crippen molar-refractivity contribution in [3.63, 3.8) is 0 Å². The van der Waals surface area contributed by atoms with Gasteiger partial charge in [0.25, 0.3) is 10.0 Å². The lowest BCUT2D eigenvalue weighted by molar-refractivity contribution is -0.120. The highest BCUT2D eigenvalue weighted by Crippen LogP contribution is 2.27. The number of hydrogen-bond donors (Lipinski definition) is 1. The van der Waals surface area contributed by atoms with E-state index < -0.39 is 15.9 Å². The quantitative estimate of drug-likeness (QED) is 0.902. The minimum absolute atomic E-state index is 0.160. The van der Waals surface area contributed by atoms with Crippen molar-refractivity contribution < 1.29 is 17.6 Å². The molecule has 0 unspecified atom stereocenters. The normalized spacial score (nSPS) is 19.1. The van der Waals surface area contributed by atoms with Gasteiger partial charge in [0.1, 0.15) is 10.0 Å². The molecular weight excluding hydrogens is 351 g/mol. The molecule has 1 aliphatic rings. The summed E-state index contributed by atoms with van der Waals surface area (Å²) in [6, 6.07) is 8.77. The van der Waals surface area contributed by atoms with Crippen molar-refractivity contribution in [3.8, 4) is 0 Å². The second-order valence-corrected chi connectivity index (χ2v) is 8.74. The van der Waals surface area contributed by atoms with Crippen molar-refractivity contribution in [2.75, 3.05) is 18.4 Å². The maximum atomic E-state index is 12.9. The first-order valence-corrected chi connectivity index (χ1v) is 9.89. The summed E-state index contributed by atoms with van der Waals surface area (Å²) in [5.41, 5.74) is 0.500. The number of carbonyl (C=O) groups excluding carboxylic acids is 1. The molecule has 1 amide bonds. The van der Waals surface area contributed by atoms with Gasteiger partial charge >= 0.3 is 0 Å². The topological polar surface area (TPSA) is 66.5 Å². The van der Waals surface area contributed by atoms with Crippen LogP contribution in [-0.2, 0) is 14.8 Å². The van der Waals surface area contributed by atoms with Crippen molar-refractivity contribution in [1.82, 2.24) is 4.31 Å². The first kappa shape index (κ1) is 17.1. The zero-order chi connectivity index (χ0) is 17.2. The first-order valence-electron chi connectivity index (χ1n) is 7.57. The van der Waals surface area contributed by atoms with E-state index >= 15 is 0 Å². The molecule has 0 radical (unpaired) electrons. The third-order valence-corrected chi connectivity index (χ3v) is 7.19. The molecule has 1 aliphatic heterocycles. The van der Waals surface area contributed by atoms with Gasteiger partial charge in [-0.1, -0.05) is 6.07 Å². The molecule has 5 nitrogen and oxygen atoms in total. The lowest BCUT2D eigenvalue weighted by Crippen LogP contribution is -2.43. The summed E-state index contributed by atoms with van der Waals surface area (Å²) in [7, 11) is -3.54. The van der Waals surface area contributed by atoms with Crippen LogP contribution in [0.3, 0.4) is 0 Å². The maximum Gasteiger partial charge on any atom is 0.252 e. The Morgan fingerprint density at radius 2 is 2.00 bits per heavy atom. The van der Waals surface area contributed by atoms with Crippen LogP contribution >= 0.6 is 11.3 Å². The Labute approximate surface area is 144 Å². The zero-order valence-electron chi connectivity index (χ0n) is 12.8. The Morgan fingerprint density at radius 1 is 1.25 bits per heavy atom. The maximum absolute atomic E-state index is 12.9. The third kappa shape index (κ3) is 3.66. The Kier molecular flexibility index (Phi) is 4.98. The molecule has 0 spiro atoms. The van der Waals surface area contributed by atoms with E-state index in [1.165, 1.54) is 39.9 Å². The van der Waals surface area contributed by atoms with Crippen molar-refractivity contribution in [3.05, 3.63) is 47.6 Å². The fourth-order valence-electron chi connectivity index (χ4n) is 2.69. The number of nitrogens with one attached hydrogen (secondary N) is 1. The number of piperidine rings is 1. The van der Waals surface area contributed by atoms with Gasteiger partial charge in [-0.2, -0.15) is 4.31 Å². The molecule has 2 aromatic rings. The Balaban J connectivity index is 1.69. The molecule has 1 N–H and O–H groups in total. The summed E-state index contributed by atoms with van der Waals surface area (Å²) < 4.78 is 39.7. The van der Waals surface area contributed by atoms with Crippen molar-refractivity contribution in [2.45, 2.75) is 17.1 Å². The summed E-state index contributed by atoms with van der Waals surface area (Å²) in [5.74, 6) is -1.04. The van der Waals surface area contributed by atoms with Gasteiger partial charge in [-0.3, -0.25) is 4.79 Å². The number of sulfonamides is 1. The van der Waals surface area contributed by atoms with Gasteiger partial charge in [-0.05, 0) is 48.6 Å². The zero-order valence-corrected chi connectivity index (χ0v) is 14.4. The fraction of sp³-hybridized carbons (Fsp3) is 0.312. The van der Waals surface area contributed by atoms with Gasteiger partial charge in [0.05, 0.1) is 5.92 Å². The molecule has 1 atom stereocenters. The number of benzene rings is 1. The molecule has 1 aromatic carbocycles. The van der Waals surface area contributed by atoms with Gasteiger partial charge in [0, 0.05) is 18.8 Å². The summed E-state index contributed by atoms with van der Waals surface area (Å²) >= 11 is 1.17. The molecule has 3 rings (SSSR count). The van der Waals surface area contributed by atoms with E-state index in [9.17, 15) is 17.6 Å². The highest BCUT2D eigenvalue weighted by atomic mass is 32.2. The molecule has 1 saturated heterocycles. The van der Waals surface area contributed by atoms with Crippen LogP contribution in [0.4, 0.5) is 10.1 Å². The molecule has 1 aromatic heterocycles. The summed E-state index contributed by atoms with van der Waals surface area (Å²) in [6.07, 6.45) is 1.26. The number of halogens is 1. The molecule has 128 valence electrons. The number of hydrogen-bond acceptors (Lipinski definition) is 4. The van der Waals surface area contributed by atoms with Gasteiger partial charge in [0.2, 0.25) is 5.91 Å². The first-order chi connectivity index (χ1) is 11.5. The highest BCUT2D eigenvalue weighted by Gasteiger charge is 2.33. The number of rotatable bonds is 4. The van der Waals surface area contributed by atoms with Gasteiger partial charge in [-0.25, -0.2) is 12.8 Å². The van der Waals surface area contributed by atoms with E-state index in [4.69, 9.17) is 0 Å². The molecular formula is C16H17FN2O3S2. The van der Waals surface area contributed by atoms with E-state index in [0.29, 0.717) is 29.3 Å². The van der Waals surface area contributed by atoms with Crippen LogP contribution in [0.5, 0.6) is 0 Å². The summed E-state index contributed by atoms with van der Waals surface area (Å²) in [5, 5.41) is 4.44. The van der Waals surface area contributed by atoms with Crippen LogP contribution < -0.4 is 5.32 Å². The molecule has 0 bridgehead atoms. The minimum atomic E-state index is -3.54. The highest BCUT2D eigenvalue weighted by molar-refractivity contribution is 7.91. The number of nitrogens with zero attached hydrogens (tertiary/aromatic N) is 1. The predicted molar refractivity (Wildman–Crippen MR) is 90.8 cm³/mol. The van der Waals surface area contributed by atoms with Crippen LogP contribution in [0, 0.1) is 11.7 Å². The van der Waals surface area contributed by atoms with Crippen molar-refractivity contribution in [2.24, 2.45) is 5.92 Å². The molecule has 24 heavy (non-hydrogen) atoms. The lowest BCUT2D eigenvalue weighted by Gasteiger charge is -2.30. The molecule has 1 fully saturated rings. The average molecular weight is 368 g/mol. The lowest BCUT2D eigenvalue weighted by atomic mass is 9.99. The van der Waals surface area contributed by atoms with Crippen LogP contribution in [-0.4, -0.2) is 31.7 Å². The Hall–Kier alpha value is -1.77. The van der Waals surface area contributed by atoms with E-state index in [1.807, 2.05) is 0 Å². The standard InChI is InChI=1S/C16H17FN2O3S2/c17-13-5-7-14(8-6-13)18-16(20)12-3-1-9-19(11-12)24(21,22)15-4-2-10-23-15/h2,4-8,10,12H,1,3,9,11H2,(H,18,20)/t12-/m0/s1. The van der Waals surface area contributed by atoms with E-state index in [-0.39, 0.29) is 18.3 Å². The second-order valence-electron chi connectivity index (χ2n) is 5.63. The van der Waals surface area contributed by atoms with E-state index in [0.717, 1.165) is 0 Å². The van der Waals surface area contributed by atoms with Crippen molar-refractivity contribution >= 4 is 33.0 Å². The van der Waals surface area contributed by atoms with Gasteiger partial charge in [0.15, 0.2) is 0 Å². The summed E-state index contributed by atoms with van der Waals surface area (Å²) in [4.78, 5) is 12.4. The van der Waals surface area contributed by atoms with Crippen LogP contribution in [0.15, 0.2) is 46.0 Å². The van der Waals surface area contributed by atoms with Crippen LogP contribution in [0.25, 0.3) is 0 Å². The van der Waals surface area contributed by atoms with Gasteiger partial charge < -0.3 is 5.32 Å². The van der Waals surface area contributed by atoms with E-state index in [2.05, 4.69) is 5.32 Å². The molecule has 0 aliphatic carbocycles. The third-order valence-electron chi connectivity index (χ3n) is 3.96. The van der Waals surface area contributed by atoms with Gasteiger partial charge in [-0.15, -0.1) is 11.3 Å². The SMILES string of the molecule is O=C(Nc1ccc(F)cc1)[C@H]1CCCN(S(=O)(=O)c2cccs2)C1. The van der Waals surface area contributed by atoms with Crippen LogP contribution in [0.1, 0.15) is 12.8 Å². The number of anilines is 1. The average Bonchev–Trinajstić information content (AvgIpc) is 3.12. The molecule has 8 heteroatoms. The van der Waals surface area contributed by atoms with E-state index in [1.54, 1.807) is 17.5 Å². The van der Waals surface area contributed by atoms with Crippen molar-refractivity contribution in [1.29, 1.82) is 0 Å². The van der Waals surface area contributed by atoms with Crippen LogP contribution in [0.2, 0.25) is 0 Å². The Morgan fingerprint density at radius 3 is 2.67 bits per heavy atom. The number of thiophene rings is 1. The smallest absolute Gasteiger partial charge is 0.252 e. The number of amides is 1. The molecule has 2 heterocycles. The number of carbonyl (C=O) groups is 1. The predicted octanol–water partition coefficient (Wildman–Crippen LogP) is 2.93. The monoisotopic (exact) mass is 368 g/mol. The second kappa shape index (κ2) is 7.00.